The van der Waals surface area contributed by atoms with E-state index < -0.39 is 10.0 Å². The molecule has 0 unspecified atom stereocenters. The fraction of sp³-hybridized carbons (Fsp3) is 0.400. The van der Waals surface area contributed by atoms with Gasteiger partial charge in [0.1, 0.15) is 0 Å². The lowest BCUT2D eigenvalue weighted by Crippen LogP contribution is -2.45. The predicted molar refractivity (Wildman–Crippen MR) is 88.1 cm³/mol. The van der Waals surface area contributed by atoms with E-state index in [0.29, 0.717) is 31.0 Å². The average molecular weight is 343 g/mol. The molecule has 22 heavy (non-hydrogen) atoms. The highest BCUT2D eigenvalue weighted by atomic mass is 35.5. The van der Waals surface area contributed by atoms with Crippen LogP contribution in [-0.4, -0.2) is 44.6 Å². The highest BCUT2D eigenvalue weighted by Crippen LogP contribution is 2.17. The molecule has 0 aliphatic carbocycles. The van der Waals surface area contributed by atoms with Gasteiger partial charge in [-0.25, -0.2) is 13.1 Å². The first-order valence-corrected chi connectivity index (χ1v) is 9.31. The topological polar surface area (TPSA) is 66.5 Å². The number of carbonyl (C=O) groups is 1. The second-order valence-electron chi connectivity index (χ2n) is 5.34. The predicted octanol–water partition coefficient (Wildman–Crippen LogP) is 1.89. The van der Waals surface area contributed by atoms with E-state index in [-0.39, 0.29) is 11.9 Å². The number of rotatable bonds is 4. The van der Waals surface area contributed by atoms with E-state index in [1.54, 1.807) is 17.0 Å². The molecule has 1 heterocycles. The maximum Gasteiger partial charge on any atom is 0.246 e. The number of hydrogen-bond donors (Lipinski definition) is 1. The second kappa shape index (κ2) is 7.26. The molecule has 1 aromatic rings. The zero-order chi connectivity index (χ0) is 16.2. The van der Waals surface area contributed by atoms with Crippen LogP contribution in [0.1, 0.15) is 18.4 Å². The molecule has 1 fully saturated rings. The minimum atomic E-state index is -3.19. The van der Waals surface area contributed by atoms with Gasteiger partial charge in [-0.15, -0.1) is 0 Å². The monoisotopic (exact) mass is 342 g/mol. The first kappa shape index (κ1) is 17.0. The Kier molecular flexibility index (Phi) is 5.61. The summed E-state index contributed by atoms with van der Waals surface area (Å²) in [7, 11) is -3.19. The van der Waals surface area contributed by atoms with Crippen molar-refractivity contribution in [3.8, 4) is 0 Å². The van der Waals surface area contributed by atoms with Crippen molar-refractivity contribution in [2.24, 2.45) is 0 Å². The molecule has 2 rings (SSSR count). The molecule has 0 bridgehead atoms. The molecular formula is C15H19ClN2O3S. The Bertz CT molecular complexity index is 665. The molecule has 1 saturated heterocycles. The summed E-state index contributed by atoms with van der Waals surface area (Å²) in [5.41, 5.74) is 0.797. The Morgan fingerprint density at radius 1 is 1.32 bits per heavy atom. The standard InChI is InChI=1S/C15H19ClN2O3S/c1-22(20,21)17-13-8-10-18(11-9-13)15(19)7-6-12-4-2-3-5-14(12)16/h2-7,13,17H,8-11H2,1H3/b7-6+. The van der Waals surface area contributed by atoms with Crippen LogP contribution in [0.4, 0.5) is 0 Å². The van der Waals surface area contributed by atoms with Crippen molar-refractivity contribution in [1.82, 2.24) is 9.62 Å². The molecular weight excluding hydrogens is 324 g/mol. The summed E-state index contributed by atoms with van der Waals surface area (Å²) in [6.07, 6.45) is 5.60. The van der Waals surface area contributed by atoms with Gasteiger partial charge in [0.2, 0.25) is 15.9 Å². The number of hydrogen-bond acceptors (Lipinski definition) is 3. The number of sulfonamides is 1. The van der Waals surface area contributed by atoms with Crippen LogP contribution in [0.25, 0.3) is 6.08 Å². The van der Waals surface area contributed by atoms with Crippen LogP contribution in [0.2, 0.25) is 5.02 Å². The highest BCUT2D eigenvalue weighted by Gasteiger charge is 2.23. The summed E-state index contributed by atoms with van der Waals surface area (Å²) in [5, 5.41) is 0.600. The smallest absolute Gasteiger partial charge is 0.246 e. The van der Waals surface area contributed by atoms with Crippen LogP contribution in [-0.2, 0) is 14.8 Å². The third-order valence-corrected chi connectivity index (χ3v) is 4.60. The molecule has 5 nitrogen and oxygen atoms in total. The molecule has 1 aliphatic heterocycles. The van der Waals surface area contributed by atoms with Crippen molar-refractivity contribution in [1.29, 1.82) is 0 Å². The third-order valence-electron chi connectivity index (χ3n) is 3.50. The van der Waals surface area contributed by atoms with Gasteiger partial charge in [-0.05, 0) is 30.5 Å². The number of piperidine rings is 1. The summed E-state index contributed by atoms with van der Waals surface area (Å²) in [4.78, 5) is 13.8. The SMILES string of the molecule is CS(=O)(=O)NC1CCN(C(=O)/C=C/c2ccccc2Cl)CC1. The largest absolute Gasteiger partial charge is 0.339 e. The number of likely N-dealkylation sites (tertiary alicyclic amines) is 1. The first-order chi connectivity index (χ1) is 10.3. The number of halogens is 1. The van der Waals surface area contributed by atoms with Gasteiger partial charge in [0.25, 0.3) is 0 Å². The lowest BCUT2D eigenvalue weighted by Gasteiger charge is -2.31. The minimum Gasteiger partial charge on any atom is -0.339 e. The van der Waals surface area contributed by atoms with Gasteiger partial charge in [0.15, 0.2) is 0 Å². The third kappa shape index (κ3) is 5.12. The van der Waals surface area contributed by atoms with Gasteiger partial charge in [-0.1, -0.05) is 29.8 Å². The molecule has 0 aromatic heterocycles. The fourth-order valence-electron chi connectivity index (χ4n) is 2.40. The molecule has 1 aromatic carbocycles. The van der Waals surface area contributed by atoms with Gasteiger partial charge < -0.3 is 4.90 Å². The fourth-order valence-corrected chi connectivity index (χ4v) is 3.44. The normalized spacial score (nSPS) is 17.1. The quantitative estimate of drug-likeness (QED) is 0.850. The van der Waals surface area contributed by atoms with Crippen molar-refractivity contribution >= 4 is 33.6 Å². The van der Waals surface area contributed by atoms with Gasteiger partial charge in [0.05, 0.1) is 6.26 Å². The van der Waals surface area contributed by atoms with E-state index in [2.05, 4.69) is 4.72 Å². The molecule has 1 aliphatic rings. The van der Waals surface area contributed by atoms with Crippen molar-refractivity contribution in [3.05, 3.63) is 40.9 Å². The molecule has 0 spiro atoms. The van der Waals surface area contributed by atoms with Crippen molar-refractivity contribution < 1.29 is 13.2 Å². The van der Waals surface area contributed by atoms with Crippen LogP contribution in [0.3, 0.4) is 0 Å². The molecule has 120 valence electrons. The molecule has 7 heteroatoms. The van der Waals surface area contributed by atoms with Crippen molar-refractivity contribution in [2.45, 2.75) is 18.9 Å². The Morgan fingerprint density at radius 2 is 1.95 bits per heavy atom. The van der Waals surface area contributed by atoms with E-state index in [1.165, 1.54) is 6.08 Å². The first-order valence-electron chi connectivity index (χ1n) is 7.04. The summed E-state index contributed by atoms with van der Waals surface area (Å²) >= 11 is 6.03. The molecule has 0 saturated carbocycles. The maximum atomic E-state index is 12.1. The number of nitrogens with one attached hydrogen (secondary N) is 1. The van der Waals surface area contributed by atoms with Gasteiger partial charge in [0, 0.05) is 30.2 Å². The van der Waals surface area contributed by atoms with Crippen LogP contribution in [0.5, 0.6) is 0 Å². The van der Waals surface area contributed by atoms with Crippen LogP contribution in [0.15, 0.2) is 30.3 Å². The molecule has 0 atom stereocenters. The number of carbonyl (C=O) groups excluding carboxylic acids is 1. The second-order valence-corrected chi connectivity index (χ2v) is 7.53. The zero-order valence-electron chi connectivity index (χ0n) is 12.3. The van der Waals surface area contributed by atoms with E-state index in [4.69, 9.17) is 11.6 Å². The molecule has 1 amide bonds. The van der Waals surface area contributed by atoms with Crippen molar-refractivity contribution in [2.75, 3.05) is 19.3 Å². The molecule has 0 radical (unpaired) electrons. The van der Waals surface area contributed by atoms with Crippen molar-refractivity contribution in [3.63, 3.8) is 0 Å². The Labute approximate surface area is 136 Å². The lowest BCUT2D eigenvalue weighted by molar-refractivity contribution is -0.126. The zero-order valence-corrected chi connectivity index (χ0v) is 13.9. The summed E-state index contributed by atoms with van der Waals surface area (Å²) in [6.45, 7) is 1.08. The maximum absolute atomic E-state index is 12.1. The number of benzene rings is 1. The van der Waals surface area contributed by atoms with Gasteiger partial charge in [-0.3, -0.25) is 4.79 Å². The molecule has 1 N–H and O–H groups in total. The van der Waals surface area contributed by atoms with Gasteiger partial charge >= 0.3 is 0 Å². The minimum absolute atomic E-state index is 0.0854. The van der Waals surface area contributed by atoms with E-state index >= 15 is 0 Å². The van der Waals surface area contributed by atoms with E-state index in [0.717, 1.165) is 11.8 Å². The Morgan fingerprint density at radius 3 is 2.55 bits per heavy atom. The average Bonchev–Trinajstić information content (AvgIpc) is 2.45. The Balaban J connectivity index is 1.89. The lowest BCUT2D eigenvalue weighted by atomic mass is 10.1. The van der Waals surface area contributed by atoms with Crippen LogP contribution in [0, 0.1) is 0 Å². The highest BCUT2D eigenvalue weighted by molar-refractivity contribution is 7.88. The van der Waals surface area contributed by atoms with E-state index in [9.17, 15) is 13.2 Å². The van der Waals surface area contributed by atoms with Crippen LogP contribution < -0.4 is 4.72 Å². The van der Waals surface area contributed by atoms with Crippen LogP contribution >= 0.6 is 11.6 Å². The summed E-state index contributed by atoms with van der Waals surface area (Å²) in [6, 6.07) is 7.22. The summed E-state index contributed by atoms with van der Waals surface area (Å²) in [5.74, 6) is -0.0854. The number of amides is 1. The summed E-state index contributed by atoms with van der Waals surface area (Å²) < 4.78 is 25.0. The van der Waals surface area contributed by atoms with E-state index in [1.807, 2.05) is 18.2 Å². The van der Waals surface area contributed by atoms with Gasteiger partial charge in [-0.2, -0.15) is 0 Å². The Hall–Kier alpha value is -1.37. The number of nitrogens with zero attached hydrogens (tertiary/aromatic N) is 1.